The molecule has 0 fully saturated rings. The van der Waals surface area contributed by atoms with Crippen LogP contribution in [0, 0.1) is 0 Å². The molecule has 1 heterocycles. The van der Waals surface area contributed by atoms with Crippen molar-refractivity contribution in [2.24, 2.45) is 5.73 Å². The minimum atomic E-state index is -0.602. The molecule has 0 aromatic carbocycles. The van der Waals surface area contributed by atoms with Crippen LogP contribution < -0.4 is 20.5 Å². The number of anilines is 1. The first-order valence-electron chi connectivity index (χ1n) is 5.21. The Morgan fingerprint density at radius 1 is 1.35 bits per heavy atom. The van der Waals surface area contributed by atoms with Crippen molar-refractivity contribution in [3.8, 4) is 11.8 Å². The van der Waals surface area contributed by atoms with E-state index in [4.69, 9.17) is 15.2 Å². The first-order chi connectivity index (χ1) is 8.06. The molecule has 0 aliphatic heterocycles. The predicted molar refractivity (Wildman–Crippen MR) is 63.3 cm³/mol. The fourth-order valence-corrected chi connectivity index (χ4v) is 1.07. The topological polar surface area (TPSA) is 103 Å². The summed E-state index contributed by atoms with van der Waals surface area (Å²) in [6.45, 7) is 1.98. The van der Waals surface area contributed by atoms with Crippen LogP contribution in [0.25, 0.3) is 0 Å². The van der Waals surface area contributed by atoms with E-state index in [1.807, 2.05) is 0 Å². The molecule has 1 aromatic heterocycles. The van der Waals surface area contributed by atoms with Crippen LogP contribution in [0.1, 0.15) is 6.92 Å². The number of aromatic nitrogens is 2. The van der Waals surface area contributed by atoms with Gasteiger partial charge in [-0.3, -0.25) is 0 Å². The number of ether oxygens (including phenoxy) is 2. The molecule has 1 aromatic rings. The third-order valence-corrected chi connectivity index (χ3v) is 2.21. The second kappa shape index (κ2) is 6.21. The van der Waals surface area contributed by atoms with E-state index >= 15 is 0 Å². The Hall–Kier alpha value is -1.60. The average Bonchev–Trinajstić information content (AvgIpc) is 2.35. The molecular weight excluding hydrogens is 224 g/mol. The second-order valence-electron chi connectivity index (χ2n) is 3.56. The van der Waals surface area contributed by atoms with Gasteiger partial charge in [0.2, 0.25) is 17.7 Å². The molecule has 0 bridgehead atoms. The zero-order valence-electron chi connectivity index (χ0n) is 10.2. The highest BCUT2D eigenvalue weighted by atomic mass is 16.5. The van der Waals surface area contributed by atoms with Crippen molar-refractivity contribution in [2.45, 2.75) is 19.1 Å². The third kappa shape index (κ3) is 4.04. The Bertz CT molecular complexity index is 337. The molecule has 0 radical (unpaired) electrons. The van der Waals surface area contributed by atoms with Crippen molar-refractivity contribution in [1.29, 1.82) is 0 Å². The van der Waals surface area contributed by atoms with Gasteiger partial charge < -0.3 is 25.6 Å². The van der Waals surface area contributed by atoms with Crippen molar-refractivity contribution >= 4 is 5.95 Å². The summed E-state index contributed by atoms with van der Waals surface area (Å²) >= 11 is 0. The minimum Gasteiger partial charge on any atom is -0.481 e. The van der Waals surface area contributed by atoms with Gasteiger partial charge in [-0.1, -0.05) is 0 Å². The Morgan fingerprint density at radius 3 is 2.29 bits per heavy atom. The van der Waals surface area contributed by atoms with Gasteiger partial charge in [-0.25, -0.2) is 0 Å². The van der Waals surface area contributed by atoms with Gasteiger partial charge in [-0.15, -0.1) is 0 Å². The number of rotatable bonds is 6. The zero-order chi connectivity index (χ0) is 12.8. The van der Waals surface area contributed by atoms with Crippen LogP contribution in [-0.2, 0) is 0 Å². The molecule has 7 heteroatoms. The summed E-state index contributed by atoms with van der Waals surface area (Å²) in [6, 6.07) is 1.18. The molecule has 0 spiro atoms. The summed E-state index contributed by atoms with van der Waals surface area (Å²) in [5, 5.41) is 12.2. The number of nitrogens with zero attached hydrogens (tertiary/aromatic N) is 2. The Balaban J connectivity index is 2.70. The number of hydrogen-bond acceptors (Lipinski definition) is 7. The summed E-state index contributed by atoms with van der Waals surface area (Å²) in [5.41, 5.74) is 5.67. The van der Waals surface area contributed by atoms with Gasteiger partial charge >= 0.3 is 0 Å². The first-order valence-corrected chi connectivity index (χ1v) is 5.21. The maximum Gasteiger partial charge on any atom is 0.229 e. The van der Waals surface area contributed by atoms with Crippen LogP contribution >= 0.6 is 0 Å². The van der Waals surface area contributed by atoms with Crippen LogP contribution in [0.5, 0.6) is 11.8 Å². The normalized spacial score (nSPS) is 13.9. The van der Waals surface area contributed by atoms with Gasteiger partial charge in [0.05, 0.1) is 26.4 Å². The van der Waals surface area contributed by atoms with E-state index in [2.05, 4.69) is 15.3 Å². The Kier molecular flexibility index (Phi) is 4.92. The number of aliphatic hydroxyl groups is 1. The molecule has 96 valence electrons. The Morgan fingerprint density at radius 2 is 1.88 bits per heavy atom. The lowest BCUT2D eigenvalue weighted by Crippen LogP contribution is -2.39. The molecule has 0 aliphatic carbocycles. The molecule has 17 heavy (non-hydrogen) atoms. The summed E-state index contributed by atoms with van der Waals surface area (Å²) in [6.07, 6.45) is -0.602. The lowest BCUT2D eigenvalue weighted by molar-refractivity contribution is 0.168. The number of methoxy groups -OCH3 is 2. The molecule has 7 nitrogen and oxygen atoms in total. The number of nitrogens with two attached hydrogens (primary N) is 1. The number of aliphatic hydroxyl groups excluding tert-OH is 1. The standard InChI is InChI=1S/C10H18N4O3/c1-6(15)7(11)5-12-10-13-8(16-2)4-9(14-10)17-3/h4,6-7,15H,5,11H2,1-3H3,(H,12,13,14). The maximum absolute atomic E-state index is 9.25. The molecule has 1 rings (SSSR count). The summed E-state index contributed by atoms with van der Waals surface area (Å²) in [4.78, 5) is 8.14. The van der Waals surface area contributed by atoms with Gasteiger partial charge in [0.15, 0.2) is 0 Å². The van der Waals surface area contributed by atoms with Crippen LogP contribution in [0.15, 0.2) is 6.07 Å². The van der Waals surface area contributed by atoms with E-state index in [-0.39, 0.29) is 0 Å². The lowest BCUT2D eigenvalue weighted by Gasteiger charge is -2.15. The van der Waals surface area contributed by atoms with Crippen molar-refractivity contribution in [1.82, 2.24) is 9.97 Å². The molecule has 4 N–H and O–H groups in total. The van der Waals surface area contributed by atoms with Gasteiger partial charge in [0.25, 0.3) is 0 Å². The molecule has 0 aliphatic rings. The van der Waals surface area contributed by atoms with Crippen LogP contribution in [0.3, 0.4) is 0 Å². The largest absolute Gasteiger partial charge is 0.481 e. The summed E-state index contributed by atoms with van der Waals surface area (Å²) in [7, 11) is 3.01. The van der Waals surface area contributed by atoms with Crippen LogP contribution in [0.2, 0.25) is 0 Å². The fourth-order valence-electron chi connectivity index (χ4n) is 1.07. The first kappa shape index (κ1) is 13.5. The maximum atomic E-state index is 9.25. The molecule has 0 amide bonds. The zero-order valence-corrected chi connectivity index (χ0v) is 10.2. The molecule has 2 unspecified atom stereocenters. The monoisotopic (exact) mass is 242 g/mol. The predicted octanol–water partition coefficient (Wildman–Crippen LogP) is -0.386. The second-order valence-corrected chi connectivity index (χ2v) is 3.56. The van der Waals surface area contributed by atoms with E-state index in [1.165, 1.54) is 14.2 Å². The SMILES string of the molecule is COc1cc(OC)nc(NCC(N)C(C)O)n1. The van der Waals surface area contributed by atoms with Crippen molar-refractivity contribution < 1.29 is 14.6 Å². The Labute approximate surface area is 100.0 Å². The van der Waals surface area contributed by atoms with Crippen LogP contribution in [0.4, 0.5) is 5.95 Å². The van der Waals surface area contributed by atoms with E-state index in [0.29, 0.717) is 24.3 Å². The van der Waals surface area contributed by atoms with Gasteiger partial charge in [0.1, 0.15) is 0 Å². The highest BCUT2D eigenvalue weighted by Gasteiger charge is 2.10. The molecule has 0 saturated carbocycles. The number of hydrogen-bond donors (Lipinski definition) is 3. The van der Waals surface area contributed by atoms with Crippen LogP contribution in [-0.4, -0.2) is 48.0 Å². The smallest absolute Gasteiger partial charge is 0.229 e. The van der Waals surface area contributed by atoms with E-state index < -0.39 is 12.1 Å². The molecule has 0 saturated heterocycles. The number of nitrogens with one attached hydrogen (secondary N) is 1. The highest BCUT2D eigenvalue weighted by Crippen LogP contribution is 2.17. The quantitative estimate of drug-likeness (QED) is 0.624. The van der Waals surface area contributed by atoms with E-state index in [1.54, 1.807) is 13.0 Å². The average molecular weight is 242 g/mol. The van der Waals surface area contributed by atoms with Gasteiger partial charge in [0, 0.05) is 12.6 Å². The van der Waals surface area contributed by atoms with Gasteiger partial charge in [-0.2, -0.15) is 9.97 Å². The fraction of sp³-hybridized carbons (Fsp3) is 0.600. The lowest BCUT2D eigenvalue weighted by atomic mass is 10.2. The molecule has 2 atom stereocenters. The van der Waals surface area contributed by atoms with Crippen molar-refractivity contribution in [3.63, 3.8) is 0 Å². The van der Waals surface area contributed by atoms with E-state index in [9.17, 15) is 5.11 Å². The van der Waals surface area contributed by atoms with E-state index in [0.717, 1.165) is 0 Å². The third-order valence-electron chi connectivity index (χ3n) is 2.21. The summed E-state index contributed by atoms with van der Waals surface area (Å²) < 4.78 is 10.00. The molecular formula is C10H18N4O3. The minimum absolute atomic E-state index is 0.345. The summed E-state index contributed by atoms with van der Waals surface area (Å²) in [5.74, 6) is 1.13. The van der Waals surface area contributed by atoms with Crippen molar-refractivity contribution in [3.05, 3.63) is 6.07 Å². The van der Waals surface area contributed by atoms with Gasteiger partial charge in [-0.05, 0) is 6.92 Å². The highest BCUT2D eigenvalue weighted by molar-refractivity contribution is 5.33. The van der Waals surface area contributed by atoms with Crippen molar-refractivity contribution in [2.75, 3.05) is 26.1 Å².